The summed E-state index contributed by atoms with van der Waals surface area (Å²) in [4.78, 5) is 17.7. The Balaban J connectivity index is 1.55. The maximum absolute atomic E-state index is 5.67. The van der Waals surface area contributed by atoms with Gasteiger partial charge in [-0.2, -0.15) is 4.98 Å². The SMILES string of the molecule is Cc1cc(-c2cc(-c3nc(-c4cnc5cnccn45)no3)c3c(C)noc3n2)c(C)o1. The molecule has 0 spiro atoms. The van der Waals surface area contributed by atoms with E-state index in [0.29, 0.717) is 45.7 Å². The fourth-order valence-electron chi connectivity index (χ4n) is 3.73. The molecule has 0 aliphatic carbocycles. The highest BCUT2D eigenvalue weighted by Gasteiger charge is 2.22. The van der Waals surface area contributed by atoms with E-state index in [1.54, 1.807) is 24.8 Å². The molecular formula is C21H15N7O3. The second-order valence-corrected chi connectivity index (χ2v) is 7.20. The van der Waals surface area contributed by atoms with Crippen LogP contribution in [0.25, 0.3) is 51.0 Å². The van der Waals surface area contributed by atoms with Gasteiger partial charge in [0.15, 0.2) is 5.65 Å². The molecule has 0 aromatic carbocycles. The number of hydrogen-bond acceptors (Lipinski definition) is 9. The fraction of sp³-hybridized carbons (Fsp3) is 0.143. The first-order chi connectivity index (χ1) is 15.1. The van der Waals surface area contributed by atoms with E-state index in [-0.39, 0.29) is 0 Å². The molecule has 6 rings (SSSR count). The van der Waals surface area contributed by atoms with Crippen LogP contribution in [0.4, 0.5) is 0 Å². The molecule has 0 unspecified atom stereocenters. The summed E-state index contributed by atoms with van der Waals surface area (Å²) in [5.74, 6) is 2.30. The molecule has 6 aromatic heterocycles. The number of imidazole rings is 1. The summed E-state index contributed by atoms with van der Waals surface area (Å²) in [6, 6.07) is 3.82. The van der Waals surface area contributed by atoms with Gasteiger partial charge in [0.05, 0.1) is 34.7 Å². The number of rotatable bonds is 3. The fourth-order valence-corrected chi connectivity index (χ4v) is 3.73. The van der Waals surface area contributed by atoms with Gasteiger partial charge in [-0.15, -0.1) is 0 Å². The number of aromatic nitrogens is 7. The number of aryl methyl sites for hydroxylation is 3. The predicted octanol–water partition coefficient (Wildman–Crippen LogP) is 4.17. The minimum atomic E-state index is 0.330. The molecule has 152 valence electrons. The van der Waals surface area contributed by atoms with Crippen molar-refractivity contribution in [1.82, 2.24) is 34.6 Å². The van der Waals surface area contributed by atoms with E-state index >= 15 is 0 Å². The molecule has 0 aliphatic heterocycles. The van der Waals surface area contributed by atoms with E-state index in [1.807, 2.05) is 37.3 Å². The summed E-state index contributed by atoms with van der Waals surface area (Å²) >= 11 is 0. The van der Waals surface area contributed by atoms with Gasteiger partial charge in [0.1, 0.15) is 17.2 Å². The number of pyridine rings is 1. The Labute approximate surface area is 174 Å². The molecule has 0 bridgehead atoms. The molecule has 0 aliphatic rings. The van der Waals surface area contributed by atoms with Crippen molar-refractivity contribution in [3.8, 4) is 34.2 Å². The second kappa shape index (κ2) is 6.33. The van der Waals surface area contributed by atoms with E-state index in [9.17, 15) is 0 Å². The van der Waals surface area contributed by atoms with Crippen molar-refractivity contribution in [1.29, 1.82) is 0 Å². The monoisotopic (exact) mass is 413 g/mol. The lowest BCUT2D eigenvalue weighted by Crippen LogP contribution is -1.91. The normalized spacial score (nSPS) is 11.7. The molecule has 0 saturated heterocycles. The van der Waals surface area contributed by atoms with Crippen LogP contribution in [0, 0.1) is 20.8 Å². The molecule has 0 N–H and O–H groups in total. The quantitative estimate of drug-likeness (QED) is 0.421. The summed E-state index contributed by atoms with van der Waals surface area (Å²) in [6.07, 6.45) is 6.82. The predicted molar refractivity (Wildman–Crippen MR) is 109 cm³/mol. The highest BCUT2D eigenvalue weighted by atomic mass is 16.5. The van der Waals surface area contributed by atoms with Crippen LogP contribution in [0.1, 0.15) is 17.2 Å². The topological polar surface area (TPSA) is 121 Å². The molecular weight excluding hydrogens is 398 g/mol. The van der Waals surface area contributed by atoms with Crippen LogP contribution < -0.4 is 0 Å². The Morgan fingerprint density at radius 2 is 1.84 bits per heavy atom. The molecule has 6 heterocycles. The molecule has 0 amide bonds. The lowest BCUT2D eigenvalue weighted by molar-refractivity contribution is 0.432. The minimum Gasteiger partial charge on any atom is -0.466 e. The van der Waals surface area contributed by atoms with E-state index in [1.165, 1.54) is 0 Å². The van der Waals surface area contributed by atoms with Crippen LogP contribution >= 0.6 is 0 Å². The zero-order chi connectivity index (χ0) is 21.1. The van der Waals surface area contributed by atoms with Gasteiger partial charge in [-0.1, -0.05) is 10.3 Å². The summed E-state index contributed by atoms with van der Waals surface area (Å²) < 4.78 is 18.6. The standard InChI is InChI=1S/C21H15N7O3/c1-10-6-13(12(3)29-10)15-7-14(18-11(2)26-31-21(18)24-15)20-25-19(27-30-20)16-8-23-17-9-22-4-5-28(16)17/h4-9H,1-3H3. The van der Waals surface area contributed by atoms with Gasteiger partial charge in [0.25, 0.3) is 11.6 Å². The lowest BCUT2D eigenvalue weighted by atomic mass is 10.1. The van der Waals surface area contributed by atoms with Crippen LogP contribution in [0.15, 0.2) is 50.4 Å². The van der Waals surface area contributed by atoms with Crippen LogP contribution in [0.3, 0.4) is 0 Å². The average molecular weight is 413 g/mol. The van der Waals surface area contributed by atoms with Gasteiger partial charge in [-0.25, -0.2) is 9.97 Å². The average Bonchev–Trinajstić information content (AvgIpc) is 3.53. The summed E-state index contributed by atoms with van der Waals surface area (Å²) in [5, 5.41) is 8.96. The summed E-state index contributed by atoms with van der Waals surface area (Å²) in [5.41, 5.74) is 4.69. The van der Waals surface area contributed by atoms with Gasteiger partial charge in [0.2, 0.25) is 5.82 Å². The molecule has 0 atom stereocenters. The maximum atomic E-state index is 5.67. The van der Waals surface area contributed by atoms with Crippen molar-refractivity contribution < 1.29 is 13.5 Å². The van der Waals surface area contributed by atoms with Gasteiger partial charge in [0, 0.05) is 18.0 Å². The van der Waals surface area contributed by atoms with Gasteiger partial charge < -0.3 is 13.5 Å². The smallest absolute Gasteiger partial charge is 0.259 e. The van der Waals surface area contributed by atoms with Crippen molar-refractivity contribution >= 4 is 16.7 Å². The second-order valence-electron chi connectivity index (χ2n) is 7.20. The van der Waals surface area contributed by atoms with Crippen LogP contribution in [-0.4, -0.2) is 34.6 Å². The Morgan fingerprint density at radius 1 is 0.935 bits per heavy atom. The van der Waals surface area contributed by atoms with Crippen molar-refractivity contribution in [2.45, 2.75) is 20.8 Å². The Morgan fingerprint density at radius 3 is 2.68 bits per heavy atom. The third kappa shape index (κ3) is 2.65. The van der Waals surface area contributed by atoms with Crippen molar-refractivity contribution in [3.63, 3.8) is 0 Å². The largest absolute Gasteiger partial charge is 0.466 e. The molecule has 10 nitrogen and oxygen atoms in total. The van der Waals surface area contributed by atoms with Gasteiger partial charge in [-0.3, -0.25) is 9.38 Å². The maximum Gasteiger partial charge on any atom is 0.259 e. The molecule has 6 aromatic rings. The molecule has 31 heavy (non-hydrogen) atoms. The van der Waals surface area contributed by atoms with Crippen molar-refractivity contribution in [2.75, 3.05) is 0 Å². The van der Waals surface area contributed by atoms with E-state index in [4.69, 9.17) is 13.5 Å². The van der Waals surface area contributed by atoms with Crippen LogP contribution in [-0.2, 0) is 0 Å². The first-order valence-corrected chi connectivity index (χ1v) is 9.54. The Bertz CT molecular complexity index is 1590. The van der Waals surface area contributed by atoms with Gasteiger partial charge in [-0.05, 0) is 32.9 Å². The number of hydrogen-bond donors (Lipinski definition) is 0. The third-order valence-corrected chi connectivity index (χ3v) is 5.14. The highest BCUT2D eigenvalue weighted by Crippen LogP contribution is 2.35. The first-order valence-electron chi connectivity index (χ1n) is 9.54. The van der Waals surface area contributed by atoms with E-state index in [2.05, 4.69) is 30.2 Å². The zero-order valence-corrected chi connectivity index (χ0v) is 16.8. The summed E-state index contributed by atoms with van der Waals surface area (Å²) in [6.45, 7) is 5.63. The Kier molecular flexibility index (Phi) is 3.57. The molecule has 10 heteroatoms. The highest BCUT2D eigenvalue weighted by molar-refractivity contribution is 5.94. The summed E-state index contributed by atoms with van der Waals surface area (Å²) in [7, 11) is 0. The Hall–Kier alpha value is -4.34. The number of nitrogens with zero attached hydrogens (tertiary/aromatic N) is 7. The lowest BCUT2D eigenvalue weighted by Gasteiger charge is -2.02. The van der Waals surface area contributed by atoms with E-state index in [0.717, 1.165) is 22.5 Å². The van der Waals surface area contributed by atoms with Crippen molar-refractivity contribution in [3.05, 3.63) is 54.1 Å². The first kappa shape index (κ1) is 17.5. The van der Waals surface area contributed by atoms with Gasteiger partial charge >= 0.3 is 0 Å². The number of furan rings is 1. The van der Waals surface area contributed by atoms with Crippen LogP contribution in [0.5, 0.6) is 0 Å². The number of fused-ring (bicyclic) bond motifs is 2. The third-order valence-electron chi connectivity index (χ3n) is 5.14. The van der Waals surface area contributed by atoms with Crippen molar-refractivity contribution in [2.24, 2.45) is 0 Å². The van der Waals surface area contributed by atoms with E-state index < -0.39 is 0 Å². The molecule has 0 radical (unpaired) electrons. The molecule has 0 saturated carbocycles. The van der Waals surface area contributed by atoms with Crippen LogP contribution in [0.2, 0.25) is 0 Å². The molecule has 0 fully saturated rings. The minimum absolute atomic E-state index is 0.330. The zero-order valence-electron chi connectivity index (χ0n) is 16.8.